The maximum absolute atomic E-state index is 12.6. The Hall–Kier alpha value is -3.22. The summed E-state index contributed by atoms with van der Waals surface area (Å²) in [6.07, 6.45) is 3.15. The number of rotatable bonds is 4. The van der Waals surface area contributed by atoms with Crippen molar-refractivity contribution in [2.24, 2.45) is 13.0 Å². The summed E-state index contributed by atoms with van der Waals surface area (Å²) in [5.41, 5.74) is 3.89. The van der Waals surface area contributed by atoms with E-state index in [0.29, 0.717) is 30.4 Å². The van der Waals surface area contributed by atoms with Gasteiger partial charge in [-0.1, -0.05) is 30.3 Å². The Kier molecular flexibility index (Phi) is 5.29. The smallest absolute Gasteiger partial charge is 0.271 e. The topological polar surface area (TPSA) is 92.7 Å². The molecule has 0 spiro atoms. The van der Waals surface area contributed by atoms with Gasteiger partial charge in [0.25, 0.3) is 11.5 Å². The van der Waals surface area contributed by atoms with Crippen molar-refractivity contribution < 1.29 is 4.79 Å². The first-order chi connectivity index (χ1) is 14.0. The SMILES string of the molecule is Cc1cc(C(=O)NCC2CCc3nc(-c4ccccc4)[nH]c(=O)c3CC2)nn1C. The molecule has 1 aromatic carbocycles. The van der Waals surface area contributed by atoms with Gasteiger partial charge in [-0.05, 0) is 44.6 Å². The van der Waals surface area contributed by atoms with Crippen LogP contribution in [0.25, 0.3) is 11.4 Å². The van der Waals surface area contributed by atoms with Crippen LogP contribution in [0.5, 0.6) is 0 Å². The van der Waals surface area contributed by atoms with E-state index in [-0.39, 0.29) is 11.5 Å². The summed E-state index contributed by atoms with van der Waals surface area (Å²) >= 11 is 0. The van der Waals surface area contributed by atoms with Crippen molar-refractivity contribution in [1.82, 2.24) is 25.1 Å². The first-order valence-corrected chi connectivity index (χ1v) is 9.97. The van der Waals surface area contributed by atoms with E-state index in [2.05, 4.69) is 15.4 Å². The highest BCUT2D eigenvalue weighted by Crippen LogP contribution is 2.23. The van der Waals surface area contributed by atoms with Crippen molar-refractivity contribution in [3.63, 3.8) is 0 Å². The molecule has 2 aromatic heterocycles. The lowest BCUT2D eigenvalue weighted by atomic mass is 10.00. The lowest BCUT2D eigenvalue weighted by Crippen LogP contribution is -2.30. The standard InChI is InChI=1S/C22H25N5O2/c1-14-12-19(26-27(14)2)22(29)23-13-15-8-10-17-18(11-9-15)24-20(25-21(17)28)16-6-4-3-5-7-16/h3-7,12,15H,8-11,13H2,1-2H3,(H,23,29)(H,24,25,28). The summed E-state index contributed by atoms with van der Waals surface area (Å²) in [7, 11) is 1.82. The van der Waals surface area contributed by atoms with Crippen LogP contribution in [0.4, 0.5) is 0 Å². The summed E-state index contributed by atoms with van der Waals surface area (Å²) in [6, 6.07) is 11.5. The zero-order chi connectivity index (χ0) is 20.4. The van der Waals surface area contributed by atoms with Crippen molar-refractivity contribution in [2.45, 2.75) is 32.6 Å². The highest BCUT2D eigenvalue weighted by molar-refractivity contribution is 5.92. The number of amides is 1. The molecule has 1 aliphatic carbocycles. The number of aromatic amines is 1. The van der Waals surface area contributed by atoms with E-state index in [1.807, 2.05) is 44.3 Å². The third-order valence-corrected chi connectivity index (χ3v) is 5.64. The Morgan fingerprint density at radius 1 is 1.24 bits per heavy atom. The minimum Gasteiger partial charge on any atom is -0.350 e. The van der Waals surface area contributed by atoms with Crippen LogP contribution in [0, 0.1) is 12.8 Å². The van der Waals surface area contributed by atoms with Gasteiger partial charge in [0.2, 0.25) is 0 Å². The maximum atomic E-state index is 12.6. The molecule has 1 atom stereocenters. The fourth-order valence-corrected chi connectivity index (χ4v) is 3.78. The van der Waals surface area contributed by atoms with Gasteiger partial charge >= 0.3 is 0 Å². The van der Waals surface area contributed by atoms with Crippen LogP contribution in [0.1, 0.15) is 40.3 Å². The molecule has 150 valence electrons. The number of fused-ring (bicyclic) bond motifs is 1. The van der Waals surface area contributed by atoms with Crippen LogP contribution in [0.2, 0.25) is 0 Å². The summed E-state index contributed by atoms with van der Waals surface area (Å²) in [5.74, 6) is 0.766. The Morgan fingerprint density at radius 3 is 2.72 bits per heavy atom. The Morgan fingerprint density at radius 2 is 2.00 bits per heavy atom. The largest absolute Gasteiger partial charge is 0.350 e. The van der Waals surface area contributed by atoms with Crippen molar-refractivity contribution in [1.29, 1.82) is 0 Å². The first-order valence-electron chi connectivity index (χ1n) is 9.97. The number of H-pyrrole nitrogens is 1. The lowest BCUT2D eigenvalue weighted by Gasteiger charge is -2.14. The molecule has 0 radical (unpaired) electrons. The molecule has 0 aliphatic heterocycles. The van der Waals surface area contributed by atoms with Crippen LogP contribution in [-0.4, -0.2) is 32.2 Å². The summed E-state index contributed by atoms with van der Waals surface area (Å²) < 4.78 is 1.69. The second kappa shape index (κ2) is 8.03. The average Bonchev–Trinajstić information content (AvgIpc) is 2.94. The molecule has 1 aliphatic rings. The normalized spacial score (nSPS) is 16.1. The molecule has 29 heavy (non-hydrogen) atoms. The van der Waals surface area contributed by atoms with E-state index in [4.69, 9.17) is 4.98 Å². The van der Waals surface area contributed by atoms with E-state index in [1.54, 1.807) is 10.7 Å². The van der Waals surface area contributed by atoms with Crippen molar-refractivity contribution >= 4 is 5.91 Å². The number of aryl methyl sites for hydroxylation is 3. The number of nitrogens with one attached hydrogen (secondary N) is 2. The van der Waals surface area contributed by atoms with Crippen molar-refractivity contribution in [3.05, 3.63) is 69.4 Å². The van der Waals surface area contributed by atoms with Gasteiger partial charge in [0.05, 0.1) is 5.69 Å². The second-order valence-corrected chi connectivity index (χ2v) is 7.65. The second-order valence-electron chi connectivity index (χ2n) is 7.65. The highest BCUT2D eigenvalue weighted by Gasteiger charge is 2.21. The predicted octanol–water partition coefficient (Wildman–Crippen LogP) is 2.40. The minimum atomic E-state index is -0.155. The van der Waals surface area contributed by atoms with Gasteiger partial charge < -0.3 is 10.3 Å². The number of benzene rings is 1. The van der Waals surface area contributed by atoms with Gasteiger partial charge in [0, 0.05) is 30.4 Å². The van der Waals surface area contributed by atoms with E-state index < -0.39 is 0 Å². The van der Waals surface area contributed by atoms with Crippen molar-refractivity contribution in [3.8, 4) is 11.4 Å². The molecule has 0 saturated heterocycles. The van der Waals surface area contributed by atoms with Gasteiger partial charge in [-0.15, -0.1) is 0 Å². The Labute approximate surface area is 169 Å². The lowest BCUT2D eigenvalue weighted by molar-refractivity contribution is 0.0940. The molecule has 1 unspecified atom stereocenters. The van der Waals surface area contributed by atoms with Gasteiger partial charge in [-0.2, -0.15) is 5.10 Å². The van der Waals surface area contributed by atoms with Gasteiger partial charge in [-0.25, -0.2) is 4.98 Å². The maximum Gasteiger partial charge on any atom is 0.271 e. The van der Waals surface area contributed by atoms with Crippen LogP contribution in [0.15, 0.2) is 41.2 Å². The van der Waals surface area contributed by atoms with E-state index in [9.17, 15) is 9.59 Å². The molecule has 7 heteroatoms. The minimum absolute atomic E-state index is 0.0532. The molecule has 7 nitrogen and oxygen atoms in total. The Bertz CT molecular complexity index is 1060. The number of carbonyl (C=O) groups excluding carboxylic acids is 1. The number of nitrogens with zero attached hydrogens (tertiary/aromatic N) is 3. The quantitative estimate of drug-likeness (QED) is 0.668. The fraction of sp³-hybridized carbons (Fsp3) is 0.364. The van der Waals surface area contributed by atoms with Crippen LogP contribution < -0.4 is 10.9 Å². The number of carbonyl (C=O) groups is 1. The van der Waals surface area contributed by atoms with E-state index >= 15 is 0 Å². The van der Waals surface area contributed by atoms with Crippen LogP contribution >= 0.6 is 0 Å². The van der Waals surface area contributed by atoms with Gasteiger partial charge in [-0.3, -0.25) is 14.3 Å². The third kappa shape index (κ3) is 4.13. The molecule has 0 saturated carbocycles. The van der Waals surface area contributed by atoms with Gasteiger partial charge in [0.1, 0.15) is 11.5 Å². The molecule has 2 heterocycles. The first kappa shape index (κ1) is 19.1. The van der Waals surface area contributed by atoms with E-state index in [1.165, 1.54) is 0 Å². The van der Waals surface area contributed by atoms with Crippen LogP contribution in [-0.2, 0) is 19.9 Å². The number of aromatic nitrogens is 4. The molecular weight excluding hydrogens is 366 g/mol. The Balaban J connectivity index is 1.43. The zero-order valence-corrected chi connectivity index (χ0v) is 16.7. The number of hydrogen-bond acceptors (Lipinski definition) is 4. The molecule has 1 amide bonds. The molecule has 2 N–H and O–H groups in total. The molecule has 0 fully saturated rings. The molecule has 0 bridgehead atoms. The predicted molar refractivity (Wildman–Crippen MR) is 111 cm³/mol. The highest BCUT2D eigenvalue weighted by atomic mass is 16.2. The molecular formula is C22H25N5O2. The summed E-state index contributed by atoms with van der Waals surface area (Å²) in [5, 5.41) is 7.22. The average molecular weight is 391 g/mol. The number of hydrogen-bond donors (Lipinski definition) is 2. The van der Waals surface area contributed by atoms with Crippen LogP contribution in [0.3, 0.4) is 0 Å². The third-order valence-electron chi connectivity index (χ3n) is 5.64. The fourth-order valence-electron chi connectivity index (χ4n) is 3.78. The van der Waals surface area contributed by atoms with Crippen molar-refractivity contribution in [2.75, 3.05) is 6.54 Å². The monoisotopic (exact) mass is 391 g/mol. The van der Waals surface area contributed by atoms with E-state index in [0.717, 1.165) is 41.8 Å². The molecule has 4 rings (SSSR count). The zero-order valence-electron chi connectivity index (χ0n) is 16.7. The summed E-state index contributed by atoms with van der Waals surface area (Å²) in [6.45, 7) is 2.49. The molecule has 3 aromatic rings. The summed E-state index contributed by atoms with van der Waals surface area (Å²) in [4.78, 5) is 32.7. The van der Waals surface area contributed by atoms with Gasteiger partial charge in [0.15, 0.2) is 0 Å².